The SMILES string of the molecule is OC1(CC2CCOCC2)CCNCC1. The predicted octanol–water partition coefficient (Wildman–Crippen LogP) is 0.918. The molecule has 0 aromatic heterocycles. The summed E-state index contributed by atoms with van der Waals surface area (Å²) in [4.78, 5) is 0. The Morgan fingerprint density at radius 2 is 1.86 bits per heavy atom. The molecule has 0 aromatic carbocycles. The van der Waals surface area contributed by atoms with Gasteiger partial charge in [-0.3, -0.25) is 0 Å². The number of piperidine rings is 1. The Bertz CT molecular complexity index is 172. The Morgan fingerprint density at radius 3 is 2.50 bits per heavy atom. The molecule has 0 atom stereocenters. The van der Waals surface area contributed by atoms with Crippen LogP contribution >= 0.6 is 0 Å². The molecule has 0 amide bonds. The summed E-state index contributed by atoms with van der Waals surface area (Å²) in [5.74, 6) is 0.687. The molecular formula is C11H21NO2. The molecule has 82 valence electrons. The van der Waals surface area contributed by atoms with Gasteiger partial charge in [0.1, 0.15) is 0 Å². The first kappa shape index (κ1) is 10.4. The highest BCUT2D eigenvalue weighted by molar-refractivity contribution is 4.86. The minimum atomic E-state index is -0.382. The first-order valence-corrected chi connectivity index (χ1v) is 5.79. The van der Waals surface area contributed by atoms with Gasteiger partial charge < -0.3 is 15.2 Å². The number of hydrogen-bond acceptors (Lipinski definition) is 3. The van der Waals surface area contributed by atoms with E-state index in [0.29, 0.717) is 5.92 Å². The molecule has 3 nitrogen and oxygen atoms in total. The van der Waals surface area contributed by atoms with Crippen molar-refractivity contribution in [3.8, 4) is 0 Å². The van der Waals surface area contributed by atoms with Crippen LogP contribution in [-0.2, 0) is 4.74 Å². The number of hydrogen-bond donors (Lipinski definition) is 2. The topological polar surface area (TPSA) is 41.5 Å². The monoisotopic (exact) mass is 199 g/mol. The zero-order valence-electron chi connectivity index (χ0n) is 8.80. The number of aliphatic hydroxyl groups is 1. The number of ether oxygens (including phenoxy) is 1. The van der Waals surface area contributed by atoms with Gasteiger partial charge >= 0.3 is 0 Å². The van der Waals surface area contributed by atoms with Crippen molar-refractivity contribution in [3.63, 3.8) is 0 Å². The van der Waals surface area contributed by atoms with E-state index in [1.165, 1.54) is 0 Å². The zero-order chi connectivity index (χ0) is 9.86. The minimum Gasteiger partial charge on any atom is -0.390 e. The van der Waals surface area contributed by atoms with Crippen LogP contribution in [0.3, 0.4) is 0 Å². The van der Waals surface area contributed by atoms with Crippen molar-refractivity contribution < 1.29 is 9.84 Å². The third-order valence-corrected chi connectivity index (χ3v) is 3.54. The maximum atomic E-state index is 10.3. The van der Waals surface area contributed by atoms with Crippen molar-refractivity contribution >= 4 is 0 Å². The molecule has 0 aliphatic carbocycles. The highest BCUT2D eigenvalue weighted by Gasteiger charge is 2.32. The highest BCUT2D eigenvalue weighted by Crippen LogP contribution is 2.30. The molecule has 2 fully saturated rings. The van der Waals surface area contributed by atoms with Gasteiger partial charge in [0, 0.05) is 13.2 Å². The Kier molecular flexibility index (Phi) is 3.42. The Labute approximate surface area is 85.8 Å². The molecule has 2 N–H and O–H groups in total. The van der Waals surface area contributed by atoms with Crippen LogP contribution in [0.15, 0.2) is 0 Å². The van der Waals surface area contributed by atoms with Crippen LogP contribution in [0.1, 0.15) is 32.1 Å². The molecular weight excluding hydrogens is 178 g/mol. The Balaban J connectivity index is 1.81. The summed E-state index contributed by atoms with van der Waals surface area (Å²) in [5, 5.41) is 13.6. The van der Waals surface area contributed by atoms with E-state index in [1.807, 2.05) is 0 Å². The van der Waals surface area contributed by atoms with Gasteiger partial charge in [-0.2, -0.15) is 0 Å². The fourth-order valence-corrected chi connectivity index (χ4v) is 2.58. The number of rotatable bonds is 2. The van der Waals surface area contributed by atoms with E-state index in [4.69, 9.17) is 4.74 Å². The van der Waals surface area contributed by atoms with Gasteiger partial charge in [-0.1, -0.05) is 0 Å². The van der Waals surface area contributed by atoms with Crippen LogP contribution in [0, 0.1) is 5.92 Å². The second-order valence-corrected chi connectivity index (χ2v) is 4.73. The van der Waals surface area contributed by atoms with Crippen molar-refractivity contribution in [1.29, 1.82) is 0 Å². The summed E-state index contributed by atoms with van der Waals surface area (Å²) < 4.78 is 5.33. The molecule has 0 saturated carbocycles. The molecule has 0 bridgehead atoms. The van der Waals surface area contributed by atoms with Crippen molar-refractivity contribution in [3.05, 3.63) is 0 Å². The molecule has 2 saturated heterocycles. The van der Waals surface area contributed by atoms with Crippen LogP contribution in [0.5, 0.6) is 0 Å². The van der Waals surface area contributed by atoms with Gasteiger partial charge in [0.2, 0.25) is 0 Å². The lowest BCUT2D eigenvalue weighted by atomic mass is 9.81. The van der Waals surface area contributed by atoms with Crippen LogP contribution < -0.4 is 5.32 Å². The molecule has 2 rings (SSSR count). The first-order valence-electron chi connectivity index (χ1n) is 5.79. The molecule has 2 aliphatic heterocycles. The maximum Gasteiger partial charge on any atom is 0.0674 e. The van der Waals surface area contributed by atoms with Crippen molar-refractivity contribution in [2.24, 2.45) is 5.92 Å². The summed E-state index contributed by atoms with van der Waals surface area (Å²) in [6.45, 7) is 3.72. The van der Waals surface area contributed by atoms with Gasteiger partial charge in [-0.05, 0) is 51.1 Å². The standard InChI is InChI=1S/C11H21NO2/c13-11(3-5-12-6-4-11)9-10-1-7-14-8-2-10/h10,12-13H,1-9H2. The van der Waals surface area contributed by atoms with Gasteiger partial charge in [0.05, 0.1) is 5.60 Å². The largest absolute Gasteiger partial charge is 0.390 e. The molecule has 0 unspecified atom stereocenters. The summed E-state index contributed by atoms with van der Waals surface area (Å²) in [6.07, 6.45) is 5.10. The quantitative estimate of drug-likeness (QED) is 0.695. The number of nitrogens with one attached hydrogen (secondary N) is 1. The van der Waals surface area contributed by atoms with Gasteiger partial charge in [0.25, 0.3) is 0 Å². The summed E-state index contributed by atoms with van der Waals surface area (Å²) in [7, 11) is 0. The lowest BCUT2D eigenvalue weighted by Crippen LogP contribution is -2.43. The van der Waals surface area contributed by atoms with Crippen molar-refractivity contribution in [1.82, 2.24) is 5.32 Å². The van der Waals surface area contributed by atoms with E-state index < -0.39 is 0 Å². The second-order valence-electron chi connectivity index (χ2n) is 4.73. The van der Waals surface area contributed by atoms with E-state index in [-0.39, 0.29) is 5.60 Å². The normalized spacial score (nSPS) is 28.9. The van der Waals surface area contributed by atoms with E-state index in [9.17, 15) is 5.11 Å². The molecule has 3 heteroatoms. The molecule has 0 aromatic rings. The maximum absolute atomic E-state index is 10.3. The van der Waals surface area contributed by atoms with Gasteiger partial charge in [-0.15, -0.1) is 0 Å². The third-order valence-electron chi connectivity index (χ3n) is 3.54. The fraction of sp³-hybridized carbons (Fsp3) is 1.00. The lowest BCUT2D eigenvalue weighted by molar-refractivity contribution is -0.0311. The van der Waals surface area contributed by atoms with E-state index in [1.54, 1.807) is 0 Å². The molecule has 0 spiro atoms. The molecule has 0 radical (unpaired) electrons. The minimum absolute atomic E-state index is 0.382. The van der Waals surface area contributed by atoms with E-state index >= 15 is 0 Å². The van der Waals surface area contributed by atoms with Crippen molar-refractivity contribution in [2.45, 2.75) is 37.7 Å². The zero-order valence-corrected chi connectivity index (χ0v) is 8.80. The van der Waals surface area contributed by atoms with Crippen LogP contribution in [0.4, 0.5) is 0 Å². The third kappa shape index (κ3) is 2.69. The average molecular weight is 199 g/mol. The summed E-state index contributed by atoms with van der Waals surface area (Å²) in [6, 6.07) is 0. The van der Waals surface area contributed by atoms with E-state index in [0.717, 1.165) is 58.4 Å². The average Bonchev–Trinajstić information content (AvgIpc) is 2.19. The van der Waals surface area contributed by atoms with Gasteiger partial charge in [0.15, 0.2) is 0 Å². The predicted molar refractivity (Wildman–Crippen MR) is 55.2 cm³/mol. The van der Waals surface area contributed by atoms with Gasteiger partial charge in [-0.25, -0.2) is 0 Å². The van der Waals surface area contributed by atoms with Crippen LogP contribution in [-0.4, -0.2) is 37.0 Å². The summed E-state index contributed by atoms with van der Waals surface area (Å²) in [5.41, 5.74) is -0.382. The van der Waals surface area contributed by atoms with E-state index in [2.05, 4.69) is 5.32 Å². The lowest BCUT2D eigenvalue weighted by Gasteiger charge is -2.36. The second kappa shape index (κ2) is 4.60. The smallest absolute Gasteiger partial charge is 0.0674 e. The fourth-order valence-electron chi connectivity index (χ4n) is 2.58. The summed E-state index contributed by atoms with van der Waals surface area (Å²) >= 11 is 0. The highest BCUT2D eigenvalue weighted by atomic mass is 16.5. The Hall–Kier alpha value is -0.120. The Morgan fingerprint density at radius 1 is 1.21 bits per heavy atom. The van der Waals surface area contributed by atoms with Crippen LogP contribution in [0.25, 0.3) is 0 Å². The van der Waals surface area contributed by atoms with Crippen LogP contribution in [0.2, 0.25) is 0 Å². The molecule has 2 heterocycles. The molecule has 14 heavy (non-hydrogen) atoms. The first-order chi connectivity index (χ1) is 6.79. The molecule has 2 aliphatic rings. The van der Waals surface area contributed by atoms with Crippen molar-refractivity contribution in [2.75, 3.05) is 26.3 Å².